The summed E-state index contributed by atoms with van der Waals surface area (Å²) >= 11 is 7.34. The van der Waals surface area contributed by atoms with Crippen LogP contribution in [0.1, 0.15) is 12.8 Å². The minimum Gasteiger partial charge on any atom is -0.331 e. The van der Waals surface area contributed by atoms with Crippen LogP contribution in [0.2, 0.25) is 0 Å². The number of fused-ring (bicyclic) bond motifs is 1. The number of nitrogens with zero attached hydrogens (tertiary/aromatic N) is 2. The van der Waals surface area contributed by atoms with Gasteiger partial charge in [0.15, 0.2) is 4.77 Å². The lowest BCUT2D eigenvalue weighted by atomic mass is 10.3. The van der Waals surface area contributed by atoms with Crippen molar-refractivity contribution in [2.45, 2.75) is 19.4 Å². The highest BCUT2D eigenvalue weighted by Crippen LogP contribution is 2.21. The molecule has 0 bridgehead atoms. The van der Waals surface area contributed by atoms with E-state index < -0.39 is 0 Å². The van der Waals surface area contributed by atoms with E-state index in [1.54, 1.807) is 6.07 Å². The zero-order chi connectivity index (χ0) is 13.4. The van der Waals surface area contributed by atoms with E-state index in [2.05, 4.69) is 9.88 Å². The number of nitrogens with one attached hydrogen (secondary N) is 1. The fraction of sp³-hybridized carbons (Fsp3) is 0.462. The molecule has 1 saturated heterocycles. The van der Waals surface area contributed by atoms with Gasteiger partial charge in [-0.3, -0.25) is 0 Å². The zero-order valence-electron chi connectivity index (χ0n) is 10.5. The summed E-state index contributed by atoms with van der Waals surface area (Å²) in [7, 11) is 0. The maximum Gasteiger partial charge on any atom is 0.178 e. The Labute approximate surface area is 129 Å². The van der Waals surface area contributed by atoms with Crippen LogP contribution < -0.4 is 0 Å². The lowest BCUT2D eigenvalue weighted by Gasteiger charge is -2.15. The second-order valence-corrected chi connectivity index (χ2v) is 6.46. The van der Waals surface area contributed by atoms with Crippen LogP contribution in [0, 0.1) is 14.2 Å². The first-order valence-electron chi connectivity index (χ1n) is 6.45. The largest absolute Gasteiger partial charge is 0.331 e. The molecule has 0 spiro atoms. The third-order valence-electron chi connectivity index (χ3n) is 3.65. The summed E-state index contributed by atoms with van der Waals surface area (Å²) in [5.41, 5.74) is 1.78. The number of aromatic nitrogens is 2. The predicted octanol–water partition coefficient (Wildman–Crippen LogP) is 3.54. The molecule has 1 aromatic carbocycles. The highest BCUT2D eigenvalue weighted by Gasteiger charge is 2.13. The van der Waals surface area contributed by atoms with Gasteiger partial charge in [0.25, 0.3) is 0 Å². The van der Waals surface area contributed by atoms with Gasteiger partial charge < -0.3 is 14.5 Å². The first-order valence-corrected chi connectivity index (χ1v) is 7.94. The van der Waals surface area contributed by atoms with E-state index in [1.807, 2.05) is 33.2 Å². The van der Waals surface area contributed by atoms with E-state index in [0.29, 0.717) is 8.34 Å². The Morgan fingerprint density at radius 2 is 2.00 bits per heavy atom. The summed E-state index contributed by atoms with van der Waals surface area (Å²) in [6.45, 7) is 4.14. The van der Waals surface area contributed by atoms with Gasteiger partial charge in [-0.25, -0.2) is 4.39 Å². The van der Waals surface area contributed by atoms with Crippen molar-refractivity contribution < 1.29 is 4.39 Å². The van der Waals surface area contributed by atoms with Crippen molar-refractivity contribution >= 4 is 45.8 Å². The topological polar surface area (TPSA) is 24.0 Å². The van der Waals surface area contributed by atoms with Crippen LogP contribution in [-0.4, -0.2) is 34.1 Å². The van der Waals surface area contributed by atoms with Gasteiger partial charge in [0.1, 0.15) is 5.82 Å². The molecule has 1 N–H and O–H groups in total. The highest BCUT2D eigenvalue weighted by atomic mass is 127. The summed E-state index contributed by atoms with van der Waals surface area (Å²) in [6, 6.07) is 3.39. The van der Waals surface area contributed by atoms with Crippen molar-refractivity contribution in [2.75, 3.05) is 19.6 Å². The molecule has 2 heterocycles. The normalized spacial score (nSPS) is 16.5. The molecular weight excluding hydrogens is 376 g/mol. The molecule has 1 aliphatic heterocycles. The first-order chi connectivity index (χ1) is 9.15. The van der Waals surface area contributed by atoms with E-state index >= 15 is 0 Å². The molecule has 3 rings (SSSR count). The van der Waals surface area contributed by atoms with Gasteiger partial charge in [0.05, 0.1) is 14.6 Å². The lowest BCUT2D eigenvalue weighted by molar-refractivity contribution is 0.323. The number of likely N-dealkylation sites (tertiary alicyclic amines) is 1. The second-order valence-electron chi connectivity index (χ2n) is 4.91. The van der Waals surface area contributed by atoms with Crippen LogP contribution in [0.15, 0.2) is 12.1 Å². The Hall–Kier alpha value is -0.470. The zero-order valence-corrected chi connectivity index (χ0v) is 13.4. The van der Waals surface area contributed by atoms with Crippen molar-refractivity contribution in [1.29, 1.82) is 0 Å². The number of halogens is 2. The monoisotopic (exact) mass is 391 g/mol. The highest BCUT2D eigenvalue weighted by molar-refractivity contribution is 14.1. The van der Waals surface area contributed by atoms with Gasteiger partial charge >= 0.3 is 0 Å². The molecular formula is C13H15FIN3S. The van der Waals surface area contributed by atoms with Gasteiger partial charge in [0.2, 0.25) is 0 Å². The fourth-order valence-corrected chi connectivity index (χ4v) is 3.39. The molecule has 102 valence electrons. The number of hydrogen-bond acceptors (Lipinski definition) is 2. The summed E-state index contributed by atoms with van der Waals surface area (Å²) in [5.74, 6) is -0.183. The predicted molar refractivity (Wildman–Crippen MR) is 85.5 cm³/mol. The van der Waals surface area contributed by atoms with Gasteiger partial charge in [0, 0.05) is 19.2 Å². The average Bonchev–Trinajstić information content (AvgIpc) is 2.96. The summed E-state index contributed by atoms with van der Waals surface area (Å²) in [6.07, 6.45) is 2.57. The van der Waals surface area contributed by atoms with Crippen molar-refractivity contribution in [1.82, 2.24) is 14.5 Å². The molecule has 19 heavy (non-hydrogen) atoms. The van der Waals surface area contributed by atoms with Gasteiger partial charge in [-0.15, -0.1) is 0 Å². The number of H-pyrrole nitrogens is 1. The number of aromatic amines is 1. The molecule has 1 fully saturated rings. The SMILES string of the molecule is Fc1cc2c(cc1I)[nH]c(=S)n2CCN1CCCC1. The van der Waals surface area contributed by atoms with Crippen molar-refractivity contribution in [3.63, 3.8) is 0 Å². The van der Waals surface area contributed by atoms with E-state index in [4.69, 9.17) is 12.2 Å². The number of benzene rings is 1. The van der Waals surface area contributed by atoms with Crippen LogP contribution in [-0.2, 0) is 6.54 Å². The summed E-state index contributed by atoms with van der Waals surface area (Å²) in [4.78, 5) is 5.59. The summed E-state index contributed by atoms with van der Waals surface area (Å²) in [5, 5.41) is 0. The van der Waals surface area contributed by atoms with Crippen molar-refractivity contribution in [3.05, 3.63) is 26.3 Å². The molecule has 1 aromatic heterocycles. The third kappa shape index (κ3) is 2.71. The van der Waals surface area contributed by atoms with E-state index in [1.165, 1.54) is 25.9 Å². The molecule has 0 unspecified atom stereocenters. The molecule has 3 nitrogen and oxygen atoms in total. The molecule has 0 atom stereocenters. The molecule has 0 radical (unpaired) electrons. The molecule has 0 saturated carbocycles. The first kappa shape index (κ1) is 13.5. The van der Waals surface area contributed by atoms with E-state index in [9.17, 15) is 4.39 Å². The molecule has 0 aliphatic carbocycles. The van der Waals surface area contributed by atoms with Crippen molar-refractivity contribution in [3.8, 4) is 0 Å². The molecule has 0 amide bonds. The van der Waals surface area contributed by atoms with Crippen LogP contribution in [0.25, 0.3) is 11.0 Å². The number of imidazole rings is 1. The van der Waals surface area contributed by atoms with E-state index in [0.717, 1.165) is 24.1 Å². The minimum absolute atomic E-state index is 0.183. The number of hydrogen-bond donors (Lipinski definition) is 1. The lowest BCUT2D eigenvalue weighted by Crippen LogP contribution is -2.24. The Morgan fingerprint density at radius 3 is 2.74 bits per heavy atom. The van der Waals surface area contributed by atoms with Crippen LogP contribution in [0.5, 0.6) is 0 Å². The Bertz CT molecular complexity index is 658. The quantitative estimate of drug-likeness (QED) is 0.640. The van der Waals surface area contributed by atoms with Crippen molar-refractivity contribution in [2.24, 2.45) is 0 Å². The molecule has 1 aliphatic rings. The smallest absolute Gasteiger partial charge is 0.178 e. The standard InChI is InChI=1S/C13H15FIN3S/c14-9-7-12-11(8-10(9)15)16-13(19)18(12)6-5-17-3-1-2-4-17/h7-8H,1-6H2,(H,16,19). The summed E-state index contributed by atoms with van der Waals surface area (Å²) < 4.78 is 17.0. The second kappa shape index (κ2) is 5.49. The van der Waals surface area contributed by atoms with Crippen LogP contribution >= 0.6 is 34.8 Å². The Balaban J connectivity index is 1.91. The van der Waals surface area contributed by atoms with Gasteiger partial charge in [-0.2, -0.15) is 0 Å². The Kier molecular flexibility index (Phi) is 3.91. The average molecular weight is 391 g/mol. The number of rotatable bonds is 3. The van der Waals surface area contributed by atoms with Crippen LogP contribution in [0.4, 0.5) is 4.39 Å². The Morgan fingerprint density at radius 1 is 1.26 bits per heavy atom. The maximum atomic E-state index is 13.7. The van der Waals surface area contributed by atoms with Gasteiger partial charge in [-0.05, 0) is 66.8 Å². The molecule has 6 heteroatoms. The van der Waals surface area contributed by atoms with Gasteiger partial charge in [-0.1, -0.05) is 0 Å². The minimum atomic E-state index is -0.183. The third-order valence-corrected chi connectivity index (χ3v) is 4.80. The van der Waals surface area contributed by atoms with E-state index in [-0.39, 0.29) is 5.82 Å². The maximum absolute atomic E-state index is 13.7. The molecule has 2 aromatic rings. The van der Waals surface area contributed by atoms with Crippen LogP contribution in [0.3, 0.4) is 0 Å². The fourth-order valence-electron chi connectivity index (χ4n) is 2.62.